The summed E-state index contributed by atoms with van der Waals surface area (Å²) >= 11 is 0. The standard InChI is InChI=1S/C16H13N/c1-2-12-5-8-14-10-16(17-15(14)9-12)13-6-3-11(1)4-7-13/h3-10,17H,1-2H2. The quantitative estimate of drug-likeness (QED) is 0.589. The van der Waals surface area contributed by atoms with Gasteiger partial charge in [0.05, 0.1) is 0 Å². The Hall–Kier alpha value is -2.02. The predicted molar refractivity (Wildman–Crippen MR) is 71.1 cm³/mol. The van der Waals surface area contributed by atoms with Gasteiger partial charge in [-0.3, -0.25) is 0 Å². The van der Waals surface area contributed by atoms with Crippen LogP contribution in [0, 0.1) is 0 Å². The molecule has 0 aliphatic carbocycles. The van der Waals surface area contributed by atoms with E-state index < -0.39 is 0 Å². The second-order valence-electron chi connectivity index (χ2n) is 4.80. The Morgan fingerprint density at radius 1 is 0.765 bits per heavy atom. The molecule has 0 unspecified atom stereocenters. The summed E-state index contributed by atoms with van der Waals surface area (Å²) in [6.45, 7) is 0. The number of benzene rings is 2. The van der Waals surface area contributed by atoms with Gasteiger partial charge < -0.3 is 4.98 Å². The van der Waals surface area contributed by atoms with Gasteiger partial charge in [0.1, 0.15) is 0 Å². The summed E-state index contributed by atoms with van der Waals surface area (Å²) in [5, 5.41) is 1.30. The Kier molecular flexibility index (Phi) is 1.72. The summed E-state index contributed by atoms with van der Waals surface area (Å²) in [5.41, 5.74) is 6.57. The van der Waals surface area contributed by atoms with Crippen LogP contribution in [0.15, 0.2) is 48.5 Å². The van der Waals surface area contributed by atoms with Gasteiger partial charge in [0.25, 0.3) is 0 Å². The van der Waals surface area contributed by atoms with Gasteiger partial charge in [0.15, 0.2) is 0 Å². The van der Waals surface area contributed by atoms with Crippen molar-refractivity contribution in [3.63, 3.8) is 0 Å². The molecule has 2 aliphatic heterocycles. The van der Waals surface area contributed by atoms with Crippen LogP contribution in [0.4, 0.5) is 0 Å². The first-order chi connectivity index (χ1) is 8.38. The van der Waals surface area contributed by atoms with Crippen molar-refractivity contribution >= 4 is 10.9 Å². The van der Waals surface area contributed by atoms with E-state index in [4.69, 9.17) is 0 Å². The fraction of sp³-hybridized carbons (Fsp3) is 0.125. The minimum absolute atomic E-state index is 1.11. The first kappa shape index (κ1) is 9.06. The van der Waals surface area contributed by atoms with Gasteiger partial charge in [0.2, 0.25) is 0 Å². The summed E-state index contributed by atoms with van der Waals surface area (Å²) < 4.78 is 0. The number of hydrogen-bond donors (Lipinski definition) is 1. The van der Waals surface area contributed by atoms with Crippen LogP contribution in [0.5, 0.6) is 0 Å². The number of H-pyrrole nitrogens is 1. The predicted octanol–water partition coefficient (Wildman–Crippen LogP) is 3.93. The average molecular weight is 219 g/mol. The summed E-state index contributed by atoms with van der Waals surface area (Å²) in [6, 6.07) is 17.9. The lowest BCUT2D eigenvalue weighted by atomic mass is 10.0. The minimum Gasteiger partial charge on any atom is -0.355 e. The fourth-order valence-electron chi connectivity index (χ4n) is 2.62. The van der Waals surface area contributed by atoms with E-state index in [-0.39, 0.29) is 0 Å². The Labute approximate surface area is 100 Å². The maximum absolute atomic E-state index is 3.51. The van der Waals surface area contributed by atoms with Crippen LogP contribution in [0.2, 0.25) is 0 Å². The van der Waals surface area contributed by atoms with Crippen LogP contribution >= 0.6 is 0 Å². The SMILES string of the molecule is c1cc2ccc1CCc1ccc3cc-2[nH]c3c1. The summed E-state index contributed by atoms with van der Waals surface area (Å²) in [6.07, 6.45) is 2.24. The van der Waals surface area contributed by atoms with Gasteiger partial charge in [-0.2, -0.15) is 0 Å². The van der Waals surface area contributed by atoms with Gasteiger partial charge in [0, 0.05) is 16.6 Å². The Morgan fingerprint density at radius 3 is 2.41 bits per heavy atom. The molecule has 2 aliphatic rings. The van der Waals surface area contributed by atoms with E-state index in [1.807, 2.05) is 0 Å². The number of aryl methyl sites for hydroxylation is 2. The molecule has 82 valence electrons. The third kappa shape index (κ3) is 1.39. The average Bonchev–Trinajstić information content (AvgIpc) is 2.76. The Morgan fingerprint density at radius 2 is 1.53 bits per heavy atom. The normalized spacial score (nSPS) is 13.4. The van der Waals surface area contributed by atoms with Crippen molar-refractivity contribution in [2.24, 2.45) is 0 Å². The molecule has 0 spiro atoms. The molecule has 3 heterocycles. The fourth-order valence-corrected chi connectivity index (χ4v) is 2.62. The van der Waals surface area contributed by atoms with Crippen LogP contribution in [0.25, 0.3) is 22.2 Å². The van der Waals surface area contributed by atoms with E-state index >= 15 is 0 Å². The van der Waals surface area contributed by atoms with Crippen molar-refractivity contribution in [2.45, 2.75) is 12.8 Å². The summed E-state index contributed by atoms with van der Waals surface area (Å²) in [4.78, 5) is 3.51. The van der Waals surface area contributed by atoms with Crippen LogP contribution < -0.4 is 0 Å². The molecular weight excluding hydrogens is 206 g/mol. The van der Waals surface area contributed by atoms with Crippen molar-refractivity contribution in [1.29, 1.82) is 0 Å². The van der Waals surface area contributed by atoms with E-state index in [0.29, 0.717) is 0 Å². The molecule has 1 N–H and O–H groups in total. The molecule has 2 aromatic carbocycles. The van der Waals surface area contributed by atoms with Crippen LogP contribution in [-0.4, -0.2) is 4.98 Å². The van der Waals surface area contributed by atoms with Crippen molar-refractivity contribution < 1.29 is 0 Å². The Balaban J connectivity index is 2.08. The van der Waals surface area contributed by atoms with Crippen molar-refractivity contribution in [1.82, 2.24) is 4.98 Å². The highest BCUT2D eigenvalue weighted by Gasteiger charge is 2.07. The van der Waals surface area contributed by atoms with Gasteiger partial charge in [-0.1, -0.05) is 36.4 Å². The third-order valence-electron chi connectivity index (χ3n) is 3.65. The molecule has 17 heavy (non-hydrogen) atoms. The molecular formula is C16H13N. The number of aromatic nitrogens is 1. The van der Waals surface area contributed by atoms with Crippen molar-refractivity contribution in [3.05, 3.63) is 59.7 Å². The van der Waals surface area contributed by atoms with Gasteiger partial charge in [-0.15, -0.1) is 0 Å². The lowest BCUT2D eigenvalue weighted by Crippen LogP contribution is -1.91. The Bertz CT molecular complexity index is 689. The molecule has 5 bridgehead atoms. The zero-order chi connectivity index (χ0) is 11.2. The number of hydrogen-bond acceptors (Lipinski definition) is 0. The molecule has 0 radical (unpaired) electrons. The van der Waals surface area contributed by atoms with Crippen molar-refractivity contribution in [2.75, 3.05) is 0 Å². The first-order valence-electron chi connectivity index (χ1n) is 6.09. The first-order valence-corrected chi connectivity index (χ1v) is 6.09. The van der Waals surface area contributed by atoms with Gasteiger partial charge in [-0.25, -0.2) is 0 Å². The lowest BCUT2D eigenvalue weighted by molar-refractivity contribution is 0.963. The highest BCUT2D eigenvalue weighted by atomic mass is 14.7. The van der Waals surface area contributed by atoms with E-state index in [2.05, 4.69) is 53.5 Å². The zero-order valence-corrected chi connectivity index (χ0v) is 9.53. The molecule has 1 heteroatoms. The molecule has 0 amide bonds. The molecule has 5 rings (SSSR count). The summed E-state index contributed by atoms with van der Waals surface area (Å²) in [5.74, 6) is 0. The van der Waals surface area contributed by atoms with Crippen LogP contribution in [0.3, 0.4) is 0 Å². The van der Waals surface area contributed by atoms with Gasteiger partial charge in [-0.05, 0) is 41.7 Å². The van der Waals surface area contributed by atoms with E-state index in [1.165, 1.54) is 33.3 Å². The largest absolute Gasteiger partial charge is 0.355 e. The second-order valence-corrected chi connectivity index (χ2v) is 4.80. The van der Waals surface area contributed by atoms with Gasteiger partial charge >= 0.3 is 0 Å². The summed E-state index contributed by atoms with van der Waals surface area (Å²) in [7, 11) is 0. The second kappa shape index (κ2) is 3.24. The molecule has 3 aromatic rings. The minimum atomic E-state index is 1.11. The molecule has 0 fully saturated rings. The highest BCUT2D eigenvalue weighted by molar-refractivity contribution is 5.86. The smallest absolute Gasteiger partial charge is 0.0464 e. The topological polar surface area (TPSA) is 15.8 Å². The molecule has 1 aromatic heterocycles. The zero-order valence-electron chi connectivity index (χ0n) is 9.53. The highest BCUT2D eigenvalue weighted by Crippen LogP contribution is 2.26. The number of rotatable bonds is 0. The van der Waals surface area contributed by atoms with E-state index in [0.717, 1.165) is 12.8 Å². The van der Waals surface area contributed by atoms with Crippen LogP contribution in [0.1, 0.15) is 11.1 Å². The van der Waals surface area contributed by atoms with E-state index in [1.54, 1.807) is 0 Å². The number of nitrogens with one attached hydrogen (secondary N) is 1. The van der Waals surface area contributed by atoms with Crippen molar-refractivity contribution in [3.8, 4) is 11.3 Å². The molecule has 0 saturated carbocycles. The van der Waals surface area contributed by atoms with Crippen LogP contribution in [-0.2, 0) is 12.8 Å². The maximum atomic E-state index is 3.51. The number of fused-ring (bicyclic) bond motifs is 3. The molecule has 0 saturated heterocycles. The monoisotopic (exact) mass is 219 g/mol. The third-order valence-corrected chi connectivity index (χ3v) is 3.65. The molecule has 1 nitrogen and oxygen atoms in total. The lowest BCUT2D eigenvalue weighted by Gasteiger charge is -2.04. The van der Waals surface area contributed by atoms with E-state index in [9.17, 15) is 0 Å². The number of aromatic amines is 1. The molecule has 0 atom stereocenters. The maximum Gasteiger partial charge on any atom is 0.0464 e.